The second-order valence-electron chi connectivity index (χ2n) is 8.12. The van der Waals surface area contributed by atoms with E-state index in [4.69, 9.17) is 14.2 Å². The van der Waals surface area contributed by atoms with E-state index in [0.29, 0.717) is 5.91 Å². The van der Waals surface area contributed by atoms with Crippen LogP contribution in [0.2, 0.25) is 0 Å². The number of fused-ring (bicyclic) bond motifs is 2. The van der Waals surface area contributed by atoms with Crippen molar-refractivity contribution in [3.63, 3.8) is 0 Å². The van der Waals surface area contributed by atoms with Crippen molar-refractivity contribution < 1.29 is 19.0 Å². The van der Waals surface area contributed by atoms with Gasteiger partial charge in [-0.05, 0) is 55.4 Å². The first-order valence-corrected chi connectivity index (χ1v) is 10.3. The molecule has 2 heterocycles. The van der Waals surface area contributed by atoms with E-state index in [9.17, 15) is 4.79 Å². The molecule has 0 unspecified atom stereocenters. The predicted molar refractivity (Wildman–Crippen MR) is 103 cm³/mol. The number of amides is 1. The minimum absolute atomic E-state index is 0.247. The van der Waals surface area contributed by atoms with E-state index in [1.165, 1.54) is 30.4 Å². The summed E-state index contributed by atoms with van der Waals surface area (Å²) in [5.74, 6) is 2.14. The van der Waals surface area contributed by atoms with E-state index < -0.39 is 0 Å². The predicted octanol–water partition coefficient (Wildman–Crippen LogP) is 3.67. The Morgan fingerprint density at radius 2 is 1.74 bits per heavy atom. The van der Waals surface area contributed by atoms with Crippen molar-refractivity contribution in [2.24, 2.45) is 5.92 Å². The highest BCUT2D eigenvalue weighted by molar-refractivity contribution is 5.79. The Kier molecular flexibility index (Phi) is 5.31. The highest BCUT2D eigenvalue weighted by atomic mass is 16.5. The number of likely N-dealkylation sites (tertiary alicyclic amines) is 1. The number of ether oxygens (including phenoxy) is 3. The summed E-state index contributed by atoms with van der Waals surface area (Å²) in [6, 6.07) is 4.18. The van der Waals surface area contributed by atoms with E-state index >= 15 is 0 Å². The molecule has 2 aliphatic heterocycles. The second-order valence-corrected chi connectivity index (χ2v) is 8.12. The molecule has 1 saturated carbocycles. The van der Waals surface area contributed by atoms with Gasteiger partial charge >= 0.3 is 0 Å². The molecule has 0 bridgehead atoms. The molecule has 27 heavy (non-hydrogen) atoms. The maximum Gasteiger partial charge on any atom is 0.225 e. The van der Waals surface area contributed by atoms with Gasteiger partial charge in [0.2, 0.25) is 5.91 Å². The lowest BCUT2D eigenvalue weighted by molar-refractivity contribution is -0.145. The third kappa shape index (κ3) is 3.42. The molecule has 1 aromatic rings. The molecule has 4 rings (SSSR count). The Labute approximate surface area is 162 Å². The van der Waals surface area contributed by atoms with Crippen LogP contribution in [0.1, 0.15) is 56.1 Å². The van der Waals surface area contributed by atoms with Gasteiger partial charge in [0, 0.05) is 19.0 Å². The van der Waals surface area contributed by atoms with E-state index in [-0.39, 0.29) is 11.5 Å². The van der Waals surface area contributed by atoms with Crippen molar-refractivity contribution in [2.75, 3.05) is 33.9 Å². The molecule has 1 spiro atoms. The van der Waals surface area contributed by atoms with Gasteiger partial charge in [0.1, 0.15) is 0 Å². The van der Waals surface area contributed by atoms with Crippen LogP contribution in [0.25, 0.3) is 0 Å². The van der Waals surface area contributed by atoms with Crippen molar-refractivity contribution in [3.05, 3.63) is 23.3 Å². The smallest absolute Gasteiger partial charge is 0.225 e. The first-order chi connectivity index (χ1) is 13.2. The Morgan fingerprint density at radius 1 is 1.07 bits per heavy atom. The fourth-order valence-electron chi connectivity index (χ4n) is 5.10. The third-order valence-electron chi connectivity index (χ3n) is 6.69. The maximum atomic E-state index is 12.9. The van der Waals surface area contributed by atoms with Crippen molar-refractivity contribution in [1.29, 1.82) is 0 Å². The first kappa shape index (κ1) is 18.6. The van der Waals surface area contributed by atoms with Crippen molar-refractivity contribution in [3.8, 4) is 11.5 Å². The number of carbonyl (C=O) groups is 1. The number of hydrogen-bond donors (Lipinski definition) is 0. The summed E-state index contributed by atoms with van der Waals surface area (Å²) < 4.78 is 17.4. The lowest BCUT2D eigenvalue weighted by Crippen LogP contribution is -2.49. The Hall–Kier alpha value is -1.75. The van der Waals surface area contributed by atoms with E-state index in [1.54, 1.807) is 14.2 Å². The SMILES string of the molecule is COc1cc2c(cc1OC)C1(CCN(C(=O)C3CCCCC3)CC1)OCC2. The topological polar surface area (TPSA) is 48.0 Å². The van der Waals surface area contributed by atoms with Crippen LogP contribution in [-0.4, -0.2) is 44.7 Å². The van der Waals surface area contributed by atoms with Gasteiger partial charge in [0.15, 0.2) is 11.5 Å². The number of benzene rings is 1. The van der Waals surface area contributed by atoms with Crippen LogP contribution in [-0.2, 0) is 21.6 Å². The van der Waals surface area contributed by atoms with Crippen LogP contribution in [0.5, 0.6) is 11.5 Å². The molecule has 1 saturated heterocycles. The summed E-state index contributed by atoms with van der Waals surface area (Å²) in [6.45, 7) is 2.28. The molecule has 2 fully saturated rings. The van der Waals surface area contributed by atoms with Crippen LogP contribution in [0.3, 0.4) is 0 Å². The lowest BCUT2D eigenvalue weighted by atomic mass is 9.78. The summed E-state index contributed by atoms with van der Waals surface area (Å²) >= 11 is 0. The maximum absolute atomic E-state index is 12.9. The van der Waals surface area contributed by atoms with Crippen LogP contribution in [0.4, 0.5) is 0 Å². The van der Waals surface area contributed by atoms with Gasteiger partial charge in [-0.1, -0.05) is 19.3 Å². The summed E-state index contributed by atoms with van der Waals surface area (Å²) in [5.41, 5.74) is 2.21. The van der Waals surface area contributed by atoms with Gasteiger partial charge in [-0.15, -0.1) is 0 Å². The van der Waals surface area contributed by atoms with Crippen LogP contribution >= 0.6 is 0 Å². The molecule has 0 atom stereocenters. The minimum atomic E-state index is -0.295. The van der Waals surface area contributed by atoms with Gasteiger partial charge in [-0.3, -0.25) is 4.79 Å². The Morgan fingerprint density at radius 3 is 2.41 bits per heavy atom. The Bertz CT molecular complexity index is 688. The van der Waals surface area contributed by atoms with Gasteiger partial charge in [-0.25, -0.2) is 0 Å². The van der Waals surface area contributed by atoms with Crippen molar-refractivity contribution >= 4 is 5.91 Å². The molecule has 1 aliphatic carbocycles. The minimum Gasteiger partial charge on any atom is -0.493 e. The molecule has 0 N–H and O–H groups in total. The van der Waals surface area contributed by atoms with Crippen molar-refractivity contribution in [2.45, 2.75) is 57.0 Å². The summed E-state index contributed by atoms with van der Waals surface area (Å²) in [5, 5.41) is 0. The zero-order valence-corrected chi connectivity index (χ0v) is 16.6. The Balaban J connectivity index is 1.52. The highest BCUT2D eigenvalue weighted by Gasteiger charge is 2.43. The average molecular weight is 373 g/mol. The van der Waals surface area contributed by atoms with Gasteiger partial charge < -0.3 is 19.1 Å². The standard InChI is InChI=1S/C22H31NO4/c1-25-19-14-17-8-13-27-22(18(17)15-20(19)26-2)9-11-23(12-10-22)21(24)16-6-4-3-5-7-16/h14-16H,3-13H2,1-2H3. The lowest BCUT2D eigenvalue weighted by Gasteiger charge is -2.46. The molecule has 5 nitrogen and oxygen atoms in total. The molecule has 0 radical (unpaired) electrons. The number of nitrogens with zero attached hydrogens (tertiary/aromatic N) is 1. The number of rotatable bonds is 3. The zero-order chi connectivity index (χ0) is 18.9. The van der Waals surface area contributed by atoms with Gasteiger partial charge in [0.25, 0.3) is 0 Å². The second kappa shape index (κ2) is 7.70. The first-order valence-electron chi connectivity index (χ1n) is 10.3. The quantitative estimate of drug-likeness (QED) is 0.811. The largest absolute Gasteiger partial charge is 0.493 e. The zero-order valence-electron chi connectivity index (χ0n) is 16.6. The van der Waals surface area contributed by atoms with Gasteiger partial charge in [0.05, 0.1) is 26.4 Å². The monoisotopic (exact) mass is 373 g/mol. The van der Waals surface area contributed by atoms with E-state index in [1.807, 2.05) is 0 Å². The van der Waals surface area contributed by atoms with E-state index in [2.05, 4.69) is 17.0 Å². The van der Waals surface area contributed by atoms with Crippen LogP contribution < -0.4 is 9.47 Å². The molecule has 3 aliphatic rings. The number of methoxy groups -OCH3 is 2. The fourth-order valence-corrected chi connectivity index (χ4v) is 5.10. The summed E-state index contributed by atoms with van der Waals surface area (Å²) in [6.07, 6.45) is 8.42. The third-order valence-corrected chi connectivity index (χ3v) is 6.69. The molecular weight excluding hydrogens is 342 g/mol. The normalized spacial score (nSPS) is 22.4. The number of hydrogen-bond acceptors (Lipinski definition) is 4. The van der Waals surface area contributed by atoms with Crippen LogP contribution in [0.15, 0.2) is 12.1 Å². The van der Waals surface area contributed by atoms with Gasteiger partial charge in [-0.2, -0.15) is 0 Å². The molecule has 148 valence electrons. The number of piperidine rings is 1. The molecular formula is C22H31NO4. The summed E-state index contributed by atoms with van der Waals surface area (Å²) in [4.78, 5) is 15.0. The number of carbonyl (C=O) groups excluding carboxylic acids is 1. The molecule has 5 heteroatoms. The van der Waals surface area contributed by atoms with E-state index in [0.717, 1.165) is 63.3 Å². The van der Waals surface area contributed by atoms with Crippen LogP contribution in [0, 0.1) is 5.92 Å². The summed E-state index contributed by atoms with van der Waals surface area (Å²) in [7, 11) is 3.35. The molecule has 0 aromatic heterocycles. The molecule has 1 aromatic carbocycles. The molecule has 1 amide bonds. The highest BCUT2D eigenvalue weighted by Crippen LogP contribution is 2.45. The fraction of sp³-hybridized carbons (Fsp3) is 0.682. The average Bonchev–Trinajstić information content (AvgIpc) is 2.74. The van der Waals surface area contributed by atoms with Crippen molar-refractivity contribution in [1.82, 2.24) is 4.90 Å².